The van der Waals surface area contributed by atoms with Gasteiger partial charge >= 0.3 is 18.0 Å². The molecule has 1 heterocycles. The van der Waals surface area contributed by atoms with Gasteiger partial charge in [-0.2, -0.15) is 0 Å². The van der Waals surface area contributed by atoms with Crippen LogP contribution in [-0.2, 0) is 19.2 Å². The van der Waals surface area contributed by atoms with E-state index < -0.39 is 49.0 Å². The van der Waals surface area contributed by atoms with Crippen molar-refractivity contribution in [3.05, 3.63) is 0 Å². The normalized spacial score (nSPS) is 23.4. The Hall–Kier alpha value is -1.87. The van der Waals surface area contributed by atoms with E-state index in [1.165, 1.54) is 4.90 Å². The number of carbonyl (C=O) groups is 3. The number of urea groups is 1. The third-order valence-corrected chi connectivity index (χ3v) is 4.07. The average molecular weight is 346 g/mol. The summed E-state index contributed by atoms with van der Waals surface area (Å²) in [6, 6.07) is -1.32. The molecule has 0 spiro atoms. The molecular weight excluding hydrogens is 320 g/mol. The lowest BCUT2D eigenvalue weighted by atomic mass is 9.74. The highest BCUT2D eigenvalue weighted by Gasteiger charge is 2.54. The fourth-order valence-electron chi connectivity index (χ4n) is 3.11. The first-order chi connectivity index (χ1) is 11.1. The maximum absolute atomic E-state index is 12.7. The van der Waals surface area contributed by atoms with Crippen LogP contribution in [-0.4, -0.2) is 63.8 Å². The minimum atomic E-state index is -1.36. The van der Waals surface area contributed by atoms with Crippen molar-refractivity contribution in [3.63, 3.8) is 0 Å². The van der Waals surface area contributed by atoms with Crippen LogP contribution in [0.15, 0.2) is 0 Å². The summed E-state index contributed by atoms with van der Waals surface area (Å²) >= 11 is 0. The van der Waals surface area contributed by atoms with E-state index in [0.717, 1.165) is 0 Å². The van der Waals surface area contributed by atoms with Gasteiger partial charge < -0.3 is 24.7 Å². The van der Waals surface area contributed by atoms with Gasteiger partial charge in [-0.25, -0.2) is 9.59 Å². The summed E-state index contributed by atoms with van der Waals surface area (Å²) < 4.78 is 4.49. The molecule has 1 rings (SSSR count). The van der Waals surface area contributed by atoms with Crippen LogP contribution in [0.5, 0.6) is 0 Å². The standard InChI is InChI=1S/C15H26N2O7/c1-6-10(19)24-17-13(21)15(4,5)12(9(2)3)16(14(17)22)7-11(20)23-8-18/h9,12-13,18,21H,6-8H2,1-5H3. The molecule has 0 aromatic heterocycles. The minimum Gasteiger partial charge on any atom is -0.437 e. The molecular formula is C15H26N2O7. The third-order valence-electron chi connectivity index (χ3n) is 4.07. The number of aliphatic hydroxyl groups excluding tert-OH is 2. The largest absolute Gasteiger partial charge is 0.437 e. The molecule has 2 amide bonds. The van der Waals surface area contributed by atoms with Crippen molar-refractivity contribution < 1.29 is 34.2 Å². The van der Waals surface area contributed by atoms with E-state index in [-0.39, 0.29) is 12.3 Å². The second kappa shape index (κ2) is 7.80. The Labute approximate surface area is 141 Å². The molecule has 24 heavy (non-hydrogen) atoms. The molecule has 1 aliphatic rings. The predicted octanol–water partition coefficient (Wildman–Crippen LogP) is 0.454. The Morgan fingerprint density at radius 1 is 1.29 bits per heavy atom. The first-order valence-electron chi connectivity index (χ1n) is 7.83. The molecule has 1 aliphatic heterocycles. The first-order valence-corrected chi connectivity index (χ1v) is 7.83. The fourth-order valence-corrected chi connectivity index (χ4v) is 3.11. The van der Waals surface area contributed by atoms with Gasteiger partial charge in [0.05, 0.1) is 0 Å². The van der Waals surface area contributed by atoms with E-state index in [4.69, 9.17) is 9.94 Å². The minimum absolute atomic E-state index is 0.0249. The topological polar surface area (TPSA) is 117 Å². The molecule has 0 bridgehead atoms. The summed E-state index contributed by atoms with van der Waals surface area (Å²) in [5, 5.41) is 19.8. The Morgan fingerprint density at radius 3 is 2.33 bits per heavy atom. The Morgan fingerprint density at radius 2 is 1.88 bits per heavy atom. The van der Waals surface area contributed by atoms with Crippen molar-refractivity contribution in [2.75, 3.05) is 13.3 Å². The summed E-state index contributed by atoms with van der Waals surface area (Å²) in [4.78, 5) is 42.1. The second-order valence-electron chi connectivity index (χ2n) is 6.58. The van der Waals surface area contributed by atoms with Crippen LogP contribution in [0.3, 0.4) is 0 Å². The van der Waals surface area contributed by atoms with Crippen molar-refractivity contribution >= 4 is 18.0 Å². The molecule has 2 N–H and O–H groups in total. The van der Waals surface area contributed by atoms with E-state index in [1.807, 2.05) is 13.8 Å². The zero-order valence-corrected chi connectivity index (χ0v) is 14.7. The van der Waals surface area contributed by atoms with Gasteiger partial charge in [-0.3, -0.25) is 4.79 Å². The van der Waals surface area contributed by atoms with E-state index in [1.54, 1.807) is 20.8 Å². The van der Waals surface area contributed by atoms with Crippen LogP contribution >= 0.6 is 0 Å². The van der Waals surface area contributed by atoms with Gasteiger partial charge in [-0.15, -0.1) is 5.06 Å². The van der Waals surface area contributed by atoms with Crippen molar-refractivity contribution in [2.45, 2.75) is 53.3 Å². The number of aliphatic hydroxyl groups is 2. The van der Waals surface area contributed by atoms with Crippen LogP contribution < -0.4 is 0 Å². The van der Waals surface area contributed by atoms with Gasteiger partial charge in [0.1, 0.15) is 6.54 Å². The molecule has 1 fully saturated rings. The highest BCUT2D eigenvalue weighted by atomic mass is 16.7. The van der Waals surface area contributed by atoms with E-state index in [0.29, 0.717) is 5.06 Å². The summed E-state index contributed by atoms with van der Waals surface area (Å²) in [6.45, 7) is 7.46. The molecule has 9 heteroatoms. The van der Waals surface area contributed by atoms with Crippen molar-refractivity contribution in [1.29, 1.82) is 0 Å². The monoisotopic (exact) mass is 346 g/mol. The highest BCUT2D eigenvalue weighted by molar-refractivity contribution is 5.83. The summed E-state index contributed by atoms with van der Waals surface area (Å²) in [7, 11) is 0. The number of amides is 2. The number of esters is 1. The van der Waals surface area contributed by atoms with Gasteiger partial charge in [0.25, 0.3) is 0 Å². The molecule has 0 aromatic rings. The van der Waals surface area contributed by atoms with Crippen LogP contribution in [0.1, 0.15) is 41.0 Å². The van der Waals surface area contributed by atoms with Crippen LogP contribution in [0.2, 0.25) is 0 Å². The van der Waals surface area contributed by atoms with E-state index in [9.17, 15) is 19.5 Å². The van der Waals surface area contributed by atoms with E-state index in [2.05, 4.69) is 4.74 Å². The molecule has 0 radical (unpaired) electrons. The number of ether oxygens (including phenoxy) is 1. The van der Waals surface area contributed by atoms with Crippen LogP contribution in [0.4, 0.5) is 4.79 Å². The Kier molecular flexibility index (Phi) is 6.56. The number of nitrogens with zero attached hydrogens (tertiary/aromatic N) is 2. The molecule has 0 aromatic carbocycles. The second-order valence-corrected chi connectivity index (χ2v) is 6.58. The molecule has 138 valence electrons. The fraction of sp³-hybridized carbons (Fsp3) is 0.800. The number of carbonyl (C=O) groups excluding carboxylic acids is 3. The van der Waals surface area contributed by atoms with Crippen molar-refractivity contribution in [1.82, 2.24) is 9.96 Å². The third kappa shape index (κ3) is 3.96. The van der Waals surface area contributed by atoms with Gasteiger partial charge in [-0.05, 0) is 5.92 Å². The predicted molar refractivity (Wildman–Crippen MR) is 81.9 cm³/mol. The summed E-state index contributed by atoms with van der Waals surface area (Å²) in [5.41, 5.74) is -0.893. The van der Waals surface area contributed by atoms with Gasteiger partial charge in [0, 0.05) is 17.9 Å². The molecule has 0 aliphatic carbocycles. The van der Waals surface area contributed by atoms with Crippen LogP contribution in [0.25, 0.3) is 0 Å². The van der Waals surface area contributed by atoms with Crippen molar-refractivity contribution in [2.24, 2.45) is 11.3 Å². The quantitative estimate of drug-likeness (QED) is 0.530. The molecule has 1 saturated heterocycles. The lowest BCUT2D eigenvalue weighted by molar-refractivity contribution is -0.258. The van der Waals surface area contributed by atoms with Gasteiger partial charge in [0.15, 0.2) is 13.0 Å². The number of rotatable bonds is 6. The van der Waals surface area contributed by atoms with E-state index >= 15 is 0 Å². The zero-order valence-electron chi connectivity index (χ0n) is 14.7. The first kappa shape index (κ1) is 20.2. The molecule has 2 atom stereocenters. The van der Waals surface area contributed by atoms with Crippen molar-refractivity contribution in [3.8, 4) is 0 Å². The molecule has 0 saturated carbocycles. The van der Waals surface area contributed by atoms with Gasteiger partial charge in [0.2, 0.25) is 0 Å². The summed E-state index contributed by atoms with van der Waals surface area (Å²) in [6.07, 6.45) is -1.34. The van der Waals surface area contributed by atoms with Crippen LogP contribution in [0, 0.1) is 11.3 Å². The Bertz CT molecular complexity index is 492. The maximum Gasteiger partial charge on any atom is 0.356 e. The molecule has 9 nitrogen and oxygen atoms in total. The average Bonchev–Trinajstić information content (AvgIpc) is 2.48. The maximum atomic E-state index is 12.7. The molecule has 2 unspecified atom stereocenters. The SMILES string of the molecule is CCC(=O)ON1C(=O)N(CC(=O)OCO)C(C(C)C)C(C)(C)C1O. The lowest BCUT2D eigenvalue weighted by Gasteiger charge is -2.53. The lowest BCUT2D eigenvalue weighted by Crippen LogP contribution is -2.69. The Balaban J connectivity index is 3.20. The highest BCUT2D eigenvalue weighted by Crippen LogP contribution is 2.40. The van der Waals surface area contributed by atoms with Gasteiger partial charge in [-0.1, -0.05) is 34.6 Å². The zero-order chi connectivity index (χ0) is 18.7. The number of hydrogen-bond donors (Lipinski definition) is 2. The smallest absolute Gasteiger partial charge is 0.356 e. The number of hydroxylamine groups is 2. The number of hydrogen-bond acceptors (Lipinski definition) is 7. The summed E-state index contributed by atoms with van der Waals surface area (Å²) in [5.74, 6) is -1.57.